The maximum atomic E-state index is 5.43. The van der Waals surface area contributed by atoms with E-state index in [1.165, 1.54) is 11.1 Å². The Hall–Kier alpha value is -0.900. The number of benzene rings is 1. The fraction of sp³-hybridized carbons (Fsp3) is 0.625. The summed E-state index contributed by atoms with van der Waals surface area (Å²) in [5.41, 5.74) is 2.74. The molecular weight excluding hydrogens is 238 g/mol. The summed E-state index contributed by atoms with van der Waals surface area (Å²) in [4.78, 5) is 0. The highest BCUT2D eigenvalue weighted by Gasteiger charge is 2.03. The van der Waals surface area contributed by atoms with Crippen LogP contribution in [0.3, 0.4) is 0 Å². The summed E-state index contributed by atoms with van der Waals surface area (Å²) in [5.74, 6) is 0. The van der Waals surface area contributed by atoms with Crippen LogP contribution in [-0.4, -0.2) is 33.5 Å². The molecule has 0 aromatic heterocycles. The molecule has 0 amide bonds. The van der Waals surface area contributed by atoms with Gasteiger partial charge in [-0.2, -0.15) is 0 Å². The quantitative estimate of drug-likeness (QED) is 0.660. The molecule has 108 valence electrons. The van der Waals surface area contributed by atoms with E-state index in [1.54, 1.807) is 7.11 Å². The Kier molecular flexibility index (Phi) is 8.47. The van der Waals surface area contributed by atoms with Crippen LogP contribution in [0.2, 0.25) is 0 Å². The van der Waals surface area contributed by atoms with Crippen molar-refractivity contribution in [1.82, 2.24) is 5.32 Å². The molecule has 0 aliphatic heterocycles. The van der Waals surface area contributed by atoms with E-state index in [2.05, 4.69) is 43.4 Å². The van der Waals surface area contributed by atoms with Gasteiger partial charge in [-0.1, -0.05) is 31.2 Å². The van der Waals surface area contributed by atoms with Crippen LogP contribution in [0.5, 0.6) is 0 Å². The van der Waals surface area contributed by atoms with Gasteiger partial charge in [-0.25, -0.2) is 0 Å². The minimum absolute atomic E-state index is 0.393. The van der Waals surface area contributed by atoms with E-state index in [4.69, 9.17) is 9.47 Å². The van der Waals surface area contributed by atoms with Crippen LogP contribution in [0.4, 0.5) is 0 Å². The molecule has 1 aromatic carbocycles. The maximum Gasteiger partial charge on any atom is 0.0700 e. The third-order valence-electron chi connectivity index (χ3n) is 3.24. The molecule has 0 spiro atoms. The van der Waals surface area contributed by atoms with Gasteiger partial charge in [0, 0.05) is 19.8 Å². The summed E-state index contributed by atoms with van der Waals surface area (Å²) < 4.78 is 10.3. The Balaban J connectivity index is 2.14. The van der Waals surface area contributed by atoms with Crippen molar-refractivity contribution in [3.8, 4) is 0 Å². The monoisotopic (exact) mass is 265 g/mol. The molecule has 1 unspecified atom stereocenters. The minimum atomic E-state index is 0.393. The molecule has 3 nitrogen and oxygen atoms in total. The number of aryl methyl sites for hydroxylation is 1. The first kappa shape index (κ1) is 16.2. The van der Waals surface area contributed by atoms with E-state index >= 15 is 0 Å². The largest absolute Gasteiger partial charge is 0.382 e. The fourth-order valence-corrected chi connectivity index (χ4v) is 1.90. The molecule has 0 bridgehead atoms. The molecule has 1 rings (SSSR count). The van der Waals surface area contributed by atoms with E-state index in [9.17, 15) is 0 Å². The van der Waals surface area contributed by atoms with Crippen LogP contribution in [0.25, 0.3) is 0 Å². The van der Waals surface area contributed by atoms with Crippen molar-refractivity contribution in [3.63, 3.8) is 0 Å². The molecule has 0 saturated heterocycles. The van der Waals surface area contributed by atoms with Gasteiger partial charge in [0.2, 0.25) is 0 Å². The average molecular weight is 265 g/mol. The third-order valence-corrected chi connectivity index (χ3v) is 3.24. The maximum absolute atomic E-state index is 5.43. The summed E-state index contributed by atoms with van der Waals surface area (Å²) in [7, 11) is 1.69. The Bertz CT molecular complexity index is 324. The van der Waals surface area contributed by atoms with Crippen molar-refractivity contribution in [2.75, 3.05) is 33.5 Å². The third kappa shape index (κ3) is 6.71. The highest BCUT2D eigenvalue weighted by atomic mass is 16.5. The second-order valence-corrected chi connectivity index (χ2v) is 4.73. The molecule has 1 N–H and O–H groups in total. The number of methoxy groups -OCH3 is 1. The predicted octanol–water partition coefficient (Wildman–Crippen LogP) is 2.95. The number of hydrogen-bond acceptors (Lipinski definition) is 3. The predicted molar refractivity (Wildman–Crippen MR) is 79.5 cm³/mol. The van der Waals surface area contributed by atoms with Crippen molar-refractivity contribution < 1.29 is 9.47 Å². The Morgan fingerprint density at radius 2 is 1.84 bits per heavy atom. The minimum Gasteiger partial charge on any atom is -0.382 e. The lowest BCUT2D eigenvalue weighted by atomic mass is 10.1. The van der Waals surface area contributed by atoms with E-state index in [1.807, 2.05) is 0 Å². The first-order chi connectivity index (χ1) is 9.27. The fourth-order valence-electron chi connectivity index (χ4n) is 1.90. The van der Waals surface area contributed by atoms with Gasteiger partial charge in [0.25, 0.3) is 0 Å². The number of hydrogen-bond donors (Lipinski definition) is 1. The topological polar surface area (TPSA) is 30.5 Å². The Labute approximate surface area is 117 Å². The molecule has 0 aliphatic rings. The van der Waals surface area contributed by atoms with Gasteiger partial charge in [-0.15, -0.1) is 0 Å². The van der Waals surface area contributed by atoms with Crippen LogP contribution in [0.1, 0.15) is 37.4 Å². The highest BCUT2D eigenvalue weighted by molar-refractivity contribution is 5.24. The Morgan fingerprint density at radius 3 is 2.47 bits per heavy atom. The van der Waals surface area contributed by atoms with Gasteiger partial charge < -0.3 is 14.8 Å². The van der Waals surface area contributed by atoms with Gasteiger partial charge in [-0.05, 0) is 37.4 Å². The summed E-state index contributed by atoms with van der Waals surface area (Å²) in [6, 6.07) is 9.24. The SMILES string of the molecule is CCc1ccc(C(C)NCCCOCCOC)cc1. The average Bonchev–Trinajstić information content (AvgIpc) is 2.46. The smallest absolute Gasteiger partial charge is 0.0700 e. The van der Waals surface area contributed by atoms with Crippen LogP contribution >= 0.6 is 0 Å². The molecular formula is C16H27NO2. The van der Waals surface area contributed by atoms with Crippen molar-refractivity contribution in [3.05, 3.63) is 35.4 Å². The first-order valence-corrected chi connectivity index (χ1v) is 7.16. The van der Waals surface area contributed by atoms with Gasteiger partial charge in [0.05, 0.1) is 13.2 Å². The van der Waals surface area contributed by atoms with E-state index in [0.717, 1.165) is 26.0 Å². The van der Waals surface area contributed by atoms with Crippen LogP contribution in [0, 0.1) is 0 Å². The normalized spacial score (nSPS) is 12.6. The molecule has 0 saturated carbocycles. The second-order valence-electron chi connectivity index (χ2n) is 4.73. The number of nitrogens with one attached hydrogen (secondary N) is 1. The molecule has 1 aromatic rings. The standard InChI is InChI=1S/C16H27NO2/c1-4-15-6-8-16(9-7-15)14(2)17-10-5-11-19-13-12-18-3/h6-9,14,17H,4-5,10-13H2,1-3H3. The van der Waals surface area contributed by atoms with Crippen molar-refractivity contribution in [1.29, 1.82) is 0 Å². The molecule has 0 fully saturated rings. The van der Waals surface area contributed by atoms with Crippen molar-refractivity contribution in [2.45, 2.75) is 32.7 Å². The van der Waals surface area contributed by atoms with Crippen molar-refractivity contribution >= 4 is 0 Å². The number of rotatable bonds is 10. The zero-order chi connectivity index (χ0) is 13.9. The molecule has 0 heterocycles. The van der Waals surface area contributed by atoms with E-state index in [-0.39, 0.29) is 0 Å². The Morgan fingerprint density at radius 1 is 1.11 bits per heavy atom. The lowest BCUT2D eigenvalue weighted by molar-refractivity contribution is 0.0693. The summed E-state index contributed by atoms with van der Waals surface area (Å²) in [5, 5.41) is 3.52. The molecule has 3 heteroatoms. The summed E-state index contributed by atoms with van der Waals surface area (Å²) in [6.45, 7) is 7.51. The van der Waals surface area contributed by atoms with Gasteiger partial charge in [0.15, 0.2) is 0 Å². The molecule has 1 atom stereocenters. The zero-order valence-corrected chi connectivity index (χ0v) is 12.4. The highest BCUT2D eigenvalue weighted by Crippen LogP contribution is 2.13. The van der Waals surface area contributed by atoms with Gasteiger partial charge >= 0.3 is 0 Å². The van der Waals surface area contributed by atoms with E-state index in [0.29, 0.717) is 19.3 Å². The van der Waals surface area contributed by atoms with Crippen LogP contribution < -0.4 is 5.32 Å². The van der Waals surface area contributed by atoms with Gasteiger partial charge in [0.1, 0.15) is 0 Å². The number of ether oxygens (including phenoxy) is 2. The zero-order valence-electron chi connectivity index (χ0n) is 12.4. The lowest BCUT2D eigenvalue weighted by Gasteiger charge is -2.14. The molecule has 0 radical (unpaired) electrons. The van der Waals surface area contributed by atoms with Crippen LogP contribution in [0.15, 0.2) is 24.3 Å². The van der Waals surface area contributed by atoms with E-state index < -0.39 is 0 Å². The summed E-state index contributed by atoms with van der Waals surface area (Å²) >= 11 is 0. The summed E-state index contributed by atoms with van der Waals surface area (Å²) in [6.07, 6.45) is 2.13. The van der Waals surface area contributed by atoms with Crippen LogP contribution in [-0.2, 0) is 15.9 Å². The first-order valence-electron chi connectivity index (χ1n) is 7.16. The molecule has 19 heavy (non-hydrogen) atoms. The lowest BCUT2D eigenvalue weighted by Crippen LogP contribution is -2.21. The molecule has 0 aliphatic carbocycles. The van der Waals surface area contributed by atoms with Gasteiger partial charge in [-0.3, -0.25) is 0 Å². The second kappa shape index (κ2) is 9.96. The van der Waals surface area contributed by atoms with Crippen molar-refractivity contribution in [2.24, 2.45) is 0 Å².